The third-order valence-electron chi connectivity index (χ3n) is 2.82. The van der Waals surface area contributed by atoms with Gasteiger partial charge in [0.05, 0.1) is 0 Å². The number of hydrogen-bond acceptors (Lipinski definition) is 3. The Morgan fingerprint density at radius 3 is 2.75 bits per heavy atom. The zero-order valence-electron chi connectivity index (χ0n) is 11.1. The molecule has 1 aromatic heterocycles. The molecule has 2 aromatic rings. The SMILES string of the molecule is Cc1c(C#CCO)cccc1C(=O)Nc1ccncc1. The van der Waals surface area contributed by atoms with Gasteiger partial charge >= 0.3 is 0 Å². The lowest BCUT2D eigenvalue weighted by Gasteiger charge is -2.08. The molecule has 2 rings (SSSR count). The average Bonchev–Trinajstić information content (AvgIpc) is 2.47. The fourth-order valence-corrected chi connectivity index (χ4v) is 1.79. The van der Waals surface area contributed by atoms with Gasteiger partial charge in [0.2, 0.25) is 0 Å². The minimum atomic E-state index is -0.202. The zero-order valence-corrected chi connectivity index (χ0v) is 11.1. The van der Waals surface area contributed by atoms with E-state index in [0.717, 1.165) is 11.1 Å². The lowest BCUT2D eigenvalue weighted by atomic mass is 10.0. The van der Waals surface area contributed by atoms with Gasteiger partial charge in [0.1, 0.15) is 6.61 Å². The Kier molecular flexibility index (Phi) is 4.48. The molecule has 2 N–H and O–H groups in total. The maximum absolute atomic E-state index is 12.2. The summed E-state index contributed by atoms with van der Waals surface area (Å²) in [6.45, 7) is 1.63. The molecule has 0 radical (unpaired) electrons. The number of aliphatic hydroxyl groups is 1. The number of anilines is 1. The fourth-order valence-electron chi connectivity index (χ4n) is 1.79. The third kappa shape index (κ3) is 3.22. The Hall–Kier alpha value is -2.64. The lowest BCUT2D eigenvalue weighted by Crippen LogP contribution is -2.13. The molecule has 0 saturated carbocycles. The smallest absolute Gasteiger partial charge is 0.255 e. The highest BCUT2D eigenvalue weighted by atomic mass is 16.2. The molecule has 0 saturated heterocycles. The molecule has 0 fully saturated rings. The van der Waals surface area contributed by atoms with Crippen molar-refractivity contribution >= 4 is 11.6 Å². The van der Waals surface area contributed by atoms with Crippen molar-refractivity contribution in [2.45, 2.75) is 6.92 Å². The van der Waals surface area contributed by atoms with Crippen molar-refractivity contribution in [3.05, 3.63) is 59.4 Å². The maximum atomic E-state index is 12.2. The molecule has 0 bridgehead atoms. The summed E-state index contributed by atoms with van der Waals surface area (Å²) in [7, 11) is 0. The van der Waals surface area contributed by atoms with Gasteiger partial charge in [-0.15, -0.1) is 0 Å². The molecule has 1 amide bonds. The van der Waals surface area contributed by atoms with Crippen molar-refractivity contribution in [1.82, 2.24) is 4.98 Å². The summed E-state index contributed by atoms with van der Waals surface area (Å²) in [5, 5.41) is 11.5. The summed E-state index contributed by atoms with van der Waals surface area (Å²) in [6, 6.07) is 8.79. The number of nitrogens with zero attached hydrogens (tertiary/aromatic N) is 1. The van der Waals surface area contributed by atoms with Crippen LogP contribution in [0, 0.1) is 18.8 Å². The summed E-state index contributed by atoms with van der Waals surface area (Å²) in [5.41, 5.74) is 2.78. The van der Waals surface area contributed by atoms with Gasteiger partial charge in [0, 0.05) is 29.2 Å². The first-order valence-corrected chi connectivity index (χ1v) is 6.13. The van der Waals surface area contributed by atoms with Crippen LogP contribution >= 0.6 is 0 Å². The number of rotatable bonds is 2. The third-order valence-corrected chi connectivity index (χ3v) is 2.82. The van der Waals surface area contributed by atoms with Crippen LogP contribution in [-0.4, -0.2) is 22.6 Å². The number of aliphatic hydroxyl groups excluding tert-OH is 1. The Bertz CT molecular complexity index is 670. The highest BCUT2D eigenvalue weighted by Crippen LogP contribution is 2.15. The van der Waals surface area contributed by atoms with Crippen LogP contribution in [0.5, 0.6) is 0 Å². The van der Waals surface area contributed by atoms with E-state index in [1.165, 1.54) is 0 Å². The van der Waals surface area contributed by atoms with Crippen LogP contribution in [-0.2, 0) is 0 Å². The Morgan fingerprint density at radius 1 is 1.30 bits per heavy atom. The molecular weight excluding hydrogens is 252 g/mol. The summed E-state index contributed by atoms with van der Waals surface area (Å²) in [5.74, 6) is 5.23. The topological polar surface area (TPSA) is 62.2 Å². The number of benzene rings is 1. The van der Waals surface area contributed by atoms with E-state index in [1.807, 2.05) is 13.0 Å². The monoisotopic (exact) mass is 266 g/mol. The van der Waals surface area contributed by atoms with Crippen molar-refractivity contribution in [3.63, 3.8) is 0 Å². The van der Waals surface area contributed by atoms with Crippen molar-refractivity contribution in [2.24, 2.45) is 0 Å². The molecule has 1 aromatic carbocycles. The molecule has 0 aliphatic heterocycles. The Morgan fingerprint density at radius 2 is 2.05 bits per heavy atom. The van der Waals surface area contributed by atoms with Crippen molar-refractivity contribution in [2.75, 3.05) is 11.9 Å². The maximum Gasteiger partial charge on any atom is 0.255 e. The van der Waals surface area contributed by atoms with Crippen LogP contribution in [0.15, 0.2) is 42.7 Å². The summed E-state index contributed by atoms with van der Waals surface area (Å²) >= 11 is 0. The zero-order chi connectivity index (χ0) is 14.4. The van der Waals surface area contributed by atoms with Gasteiger partial charge in [-0.1, -0.05) is 17.9 Å². The summed E-state index contributed by atoms with van der Waals surface area (Å²) < 4.78 is 0. The van der Waals surface area contributed by atoms with E-state index < -0.39 is 0 Å². The molecule has 0 aliphatic carbocycles. The van der Waals surface area contributed by atoms with E-state index in [0.29, 0.717) is 11.3 Å². The van der Waals surface area contributed by atoms with Crippen LogP contribution in [0.3, 0.4) is 0 Å². The first-order valence-electron chi connectivity index (χ1n) is 6.13. The predicted octanol–water partition coefficient (Wildman–Crippen LogP) is 1.99. The predicted molar refractivity (Wildman–Crippen MR) is 77.3 cm³/mol. The molecule has 0 atom stereocenters. The normalized spacial score (nSPS) is 9.50. The quantitative estimate of drug-likeness (QED) is 0.817. The van der Waals surface area contributed by atoms with Crippen molar-refractivity contribution in [1.29, 1.82) is 0 Å². The van der Waals surface area contributed by atoms with Gasteiger partial charge in [-0.05, 0) is 36.8 Å². The minimum absolute atomic E-state index is 0.193. The standard InChI is InChI=1S/C16H14N2O2/c1-12-13(5-3-11-19)4-2-6-15(12)16(20)18-14-7-9-17-10-8-14/h2,4,6-10,19H,11H2,1H3,(H,17,18,20). The second-order valence-corrected chi connectivity index (χ2v) is 4.13. The van der Waals surface area contributed by atoms with Crippen LogP contribution in [0.2, 0.25) is 0 Å². The van der Waals surface area contributed by atoms with E-state index in [9.17, 15) is 4.79 Å². The van der Waals surface area contributed by atoms with Gasteiger partial charge in [-0.2, -0.15) is 0 Å². The molecule has 0 unspecified atom stereocenters. The molecule has 1 heterocycles. The molecule has 4 heteroatoms. The molecule has 4 nitrogen and oxygen atoms in total. The van der Waals surface area contributed by atoms with E-state index in [1.54, 1.807) is 36.7 Å². The van der Waals surface area contributed by atoms with Crippen molar-refractivity contribution in [3.8, 4) is 11.8 Å². The molecule has 0 aliphatic rings. The van der Waals surface area contributed by atoms with Crippen LogP contribution < -0.4 is 5.32 Å². The second-order valence-electron chi connectivity index (χ2n) is 4.13. The number of carbonyl (C=O) groups is 1. The first kappa shape index (κ1) is 13.8. The van der Waals surface area contributed by atoms with Gasteiger partial charge < -0.3 is 10.4 Å². The fraction of sp³-hybridized carbons (Fsp3) is 0.125. The van der Waals surface area contributed by atoms with Crippen LogP contribution in [0.4, 0.5) is 5.69 Å². The van der Waals surface area contributed by atoms with Crippen LogP contribution in [0.1, 0.15) is 21.5 Å². The first-order chi connectivity index (χ1) is 9.72. The number of hydrogen-bond donors (Lipinski definition) is 2. The molecular formula is C16H14N2O2. The number of aromatic nitrogens is 1. The van der Waals surface area contributed by atoms with Crippen molar-refractivity contribution < 1.29 is 9.90 Å². The molecule has 20 heavy (non-hydrogen) atoms. The largest absolute Gasteiger partial charge is 0.384 e. The number of nitrogens with one attached hydrogen (secondary N) is 1. The van der Waals surface area contributed by atoms with Gasteiger partial charge in [0.25, 0.3) is 5.91 Å². The second kappa shape index (κ2) is 6.50. The molecule has 0 spiro atoms. The number of carbonyl (C=O) groups excluding carboxylic acids is 1. The summed E-state index contributed by atoms with van der Waals surface area (Å²) in [4.78, 5) is 16.1. The highest BCUT2D eigenvalue weighted by molar-refractivity contribution is 6.05. The average molecular weight is 266 g/mol. The van der Waals surface area contributed by atoms with E-state index in [2.05, 4.69) is 22.1 Å². The Labute approximate surface area is 117 Å². The van der Waals surface area contributed by atoms with Gasteiger partial charge in [-0.3, -0.25) is 9.78 Å². The lowest BCUT2D eigenvalue weighted by molar-refractivity contribution is 0.102. The minimum Gasteiger partial charge on any atom is -0.384 e. The van der Waals surface area contributed by atoms with E-state index in [-0.39, 0.29) is 12.5 Å². The van der Waals surface area contributed by atoms with Crippen LogP contribution in [0.25, 0.3) is 0 Å². The summed E-state index contributed by atoms with van der Waals surface area (Å²) in [6.07, 6.45) is 3.23. The van der Waals surface area contributed by atoms with E-state index >= 15 is 0 Å². The van der Waals surface area contributed by atoms with E-state index in [4.69, 9.17) is 5.11 Å². The molecule has 100 valence electrons. The highest BCUT2D eigenvalue weighted by Gasteiger charge is 2.10. The number of amides is 1. The van der Waals surface area contributed by atoms with Gasteiger partial charge in [-0.25, -0.2) is 0 Å². The van der Waals surface area contributed by atoms with Gasteiger partial charge in [0.15, 0.2) is 0 Å². The number of pyridine rings is 1. The Balaban J connectivity index is 2.26.